The first-order valence-electron chi connectivity index (χ1n) is 18.2. The number of anilines is 2. The number of nitrogens with two attached hydrogens (primary N) is 1. The summed E-state index contributed by atoms with van der Waals surface area (Å²) in [5, 5.41) is 48.7. The molecule has 4 aliphatic carbocycles. The Hall–Kier alpha value is -5.16. The minimum Gasteiger partial charge on any atom is -0.510 e. The summed E-state index contributed by atoms with van der Waals surface area (Å²) in [4.78, 5) is 83.6. The summed E-state index contributed by atoms with van der Waals surface area (Å²) in [6.45, 7) is 3.78. The molecule has 0 unspecified atom stereocenters. The first-order chi connectivity index (χ1) is 25.6. The lowest BCUT2D eigenvalue weighted by atomic mass is 9.58. The Morgan fingerprint density at radius 3 is 2.20 bits per heavy atom. The fraction of sp³-hybridized carbons (Fsp3) is 0.579. The fourth-order valence-electron chi connectivity index (χ4n) is 8.37. The summed E-state index contributed by atoms with van der Waals surface area (Å²) in [6, 6.07) is 0.323. The molecule has 4 atom stereocenters. The number of Topliss-reactive ketones (excluding diaryl/α,β-unsaturated/α-hetero) is 2. The largest absolute Gasteiger partial charge is 0.510 e. The first kappa shape index (κ1) is 41.0. The Bertz CT molecular complexity index is 1870. The molecule has 0 spiro atoms. The van der Waals surface area contributed by atoms with Crippen molar-refractivity contribution in [2.75, 3.05) is 51.7 Å². The predicted octanol–water partition coefficient (Wildman–Crippen LogP) is 2.44. The molecule has 300 valence electrons. The van der Waals surface area contributed by atoms with Crippen molar-refractivity contribution < 1.29 is 58.7 Å². The van der Waals surface area contributed by atoms with Crippen LogP contribution in [0.25, 0.3) is 0 Å². The van der Waals surface area contributed by atoms with Gasteiger partial charge in [0.2, 0.25) is 18.5 Å². The number of amides is 3. The summed E-state index contributed by atoms with van der Waals surface area (Å²) in [5.41, 5.74) is 0.669. The molecular weight excluding hydrogens is 718 g/mol. The number of carbonyl (C=O) groups excluding carboxylic acids is 6. The SMILES string of the molecule is CN(C)c1cc(NC(=O)CN(C(=O)OCOC(=O)C2CCCCC2)C(C)(C)C)c(O)c2c1C[C@H]1C[C@H]3[C@H](N(C)C)C(O)=C(C(N)=O)C(=O)[C@@]3(O)C(O)=C1C2=O. The molecule has 7 N–H and O–H groups in total. The van der Waals surface area contributed by atoms with Crippen LogP contribution in [0.15, 0.2) is 28.7 Å². The second-order valence-corrected chi connectivity index (χ2v) is 16.1. The summed E-state index contributed by atoms with van der Waals surface area (Å²) >= 11 is 0. The van der Waals surface area contributed by atoms with Crippen LogP contribution in [0, 0.1) is 17.8 Å². The van der Waals surface area contributed by atoms with Gasteiger partial charge in [0, 0.05) is 36.8 Å². The van der Waals surface area contributed by atoms with Crippen LogP contribution in [-0.2, 0) is 35.1 Å². The molecule has 1 aromatic carbocycles. The zero-order valence-corrected chi connectivity index (χ0v) is 32.2. The molecule has 0 saturated heterocycles. The van der Waals surface area contributed by atoms with Crippen LogP contribution < -0.4 is 16.0 Å². The number of aliphatic hydroxyl groups excluding tert-OH is 2. The lowest BCUT2D eigenvalue weighted by Gasteiger charge is -2.50. The Labute approximate surface area is 318 Å². The zero-order valence-electron chi connectivity index (χ0n) is 32.2. The van der Waals surface area contributed by atoms with E-state index in [1.54, 1.807) is 53.9 Å². The number of rotatable bonds is 9. The number of ketones is 2. The molecule has 1 saturated carbocycles. The van der Waals surface area contributed by atoms with Crippen LogP contribution in [0.4, 0.5) is 16.2 Å². The number of benzene rings is 1. The molecule has 3 amide bonds. The van der Waals surface area contributed by atoms with Gasteiger partial charge in [-0.1, -0.05) is 19.3 Å². The minimum atomic E-state index is -2.81. The topological polar surface area (TPSA) is 250 Å². The van der Waals surface area contributed by atoms with E-state index in [-0.39, 0.29) is 35.6 Å². The molecule has 1 aromatic rings. The molecule has 17 nitrogen and oxygen atoms in total. The van der Waals surface area contributed by atoms with Crippen LogP contribution in [0.2, 0.25) is 0 Å². The second-order valence-electron chi connectivity index (χ2n) is 16.1. The molecule has 0 radical (unpaired) electrons. The fourth-order valence-corrected chi connectivity index (χ4v) is 8.37. The van der Waals surface area contributed by atoms with E-state index in [2.05, 4.69) is 5.32 Å². The second kappa shape index (κ2) is 15.2. The zero-order chi connectivity index (χ0) is 40.9. The predicted molar refractivity (Wildman–Crippen MR) is 197 cm³/mol. The quantitative estimate of drug-likeness (QED) is 0.0914. The average Bonchev–Trinajstić information content (AvgIpc) is 3.09. The molecule has 1 fully saturated rings. The number of aliphatic hydroxyl groups is 3. The normalized spacial score (nSPS) is 24.1. The van der Waals surface area contributed by atoms with Crippen molar-refractivity contribution in [2.45, 2.75) is 82.9 Å². The number of hydrogen-bond acceptors (Lipinski definition) is 14. The molecule has 17 heteroatoms. The molecule has 5 rings (SSSR count). The Kier molecular flexibility index (Phi) is 11.3. The van der Waals surface area contributed by atoms with Crippen LogP contribution in [0.1, 0.15) is 75.2 Å². The van der Waals surface area contributed by atoms with E-state index in [1.165, 1.54) is 11.0 Å². The number of phenolic OH excluding ortho intramolecular Hbond substituents is 1. The van der Waals surface area contributed by atoms with Crippen molar-refractivity contribution in [1.29, 1.82) is 0 Å². The van der Waals surface area contributed by atoms with Crippen LogP contribution >= 0.6 is 0 Å². The van der Waals surface area contributed by atoms with E-state index in [9.17, 15) is 49.2 Å². The number of nitrogens with zero attached hydrogens (tertiary/aromatic N) is 3. The van der Waals surface area contributed by atoms with Crippen molar-refractivity contribution in [3.8, 4) is 5.75 Å². The summed E-state index contributed by atoms with van der Waals surface area (Å²) in [7, 11) is 6.45. The lowest BCUT2D eigenvalue weighted by molar-refractivity contribution is -0.159. The average molecular weight is 770 g/mol. The van der Waals surface area contributed by atoms with Gasteiger partial charge in [0.15, 0.2) is 17.1 Å². The number of ether oxygens (including phenoxy) is 2. The Morgan fingerprint density at radius 2 is 1.64 bits per heavy atom. The standard InChI is InChI=1S/C38H51N5O12/c1-37(2,3)43(36(52)55-17-54-35(51)18-11-9-8-10-12-18)16-24(44)40-22-15-23(41(4)5)20-13-19-14-21-28(42(6)7)31(47)27(34(39)50)33(49)38(21,53)32(48)25(19)30(46)26(20)29(22)45/h15,18-19,21,28,45,47-48,53H,8-14,16-17H2,1-7H3,(H2,39,50)(H,40,44)/t19-,21-,28-,38-/m0/s1. The third kappa shape index (κ3) is 7.34. The molecule has 0 aromatic heterocycles. The lowest BCUT2D eigenvalue weighted by Crippen LogP contribution is -2.63. The number of phenols is 1. The van der Waals surface area contributed by atoms with Gasteiger partial charge in [-0.2, -0.15) is 0 Å². The van der Waals surface area contributed by atoms with Crippen LogP contribution in [-0.4, -0.2) is 124 Å². The number of likely N-dealkylation sites (N-methyl/N-ethyl adjacent to an activating group) is 1. The van der Waals surface area contributed by atoms with Gasteiger partial charge in [-0.15, -0.1) is 0 Å². The van der Waals surface area contributed by atoms with Crippen molar-refractivity contribution in [2.24, 2.45) is 23.5 Å². The van der Waals surface area contributed by atoms with Gasteiger partial charge in [-0.3, -0.25) is 33.8 Å². The smallest absolute Gasteiger partial charge is 0.413 e. The number of esters is 1. The van der Waals surface area contributed by atoms with E-state index < -0.39 is 101 Å². The van der Waals surface area contributed by atoms with Gasteiger partial charge in [0.05, 0.1) is 23.2 Å². The number of primary amides is 1. The number of aromatic hydroxyl groups is 1. The molecule has 0 aliphatic heterocycles. The number of nitrogens with one attached hydrogen (secondary N) is 1. The van der Waals surface area contributed by atoms with Gasteiger partial charge in [0.25, 0.3) is 5.91 Å². The molecular formula is C38H51N5O12. The highest BCUT2D eigenvalue weighted by molar-refractivity contribution is 6.25. The summed E-state index contributed by atoms with van der Waals surface area (Å²) < 4.78 is 10.4. The monoisotopic (exact) mass is 769 g/mol. The summed E-state index contributed by atoms with van der Waals surface area (Å²) in [5.74, 6) is -9.42. The van der Waals surface area contributed by atoms with Gasteiger partial charge in [-0.25, -0.2) is 4.79 Å². The van der Waals surface area contributed by atoms with E-state index in [0.717, 1.165) is 24.2 Å². The number of hydrogen-bond donors (Lipinski definition) is 6. The van der Waals surface area contributed by atoms with Gasteiger partial charge < -0.3 is 45.9 Å². The maximum Gasteiger partial charge on any atom is 0.413 e. The first-order valence-corrected chi connectivity index (χ1v) is 18.2. The van der Waals surface area contributed by atoms with E-state index in [0.29, 0.717) is 24.1 Å². The minimum absolute atomic E-state index is 0.0405. The van der Waals surface area contributed by atoms with Crippen molar-refractivity contribution in [3.63, 3.8) is 0 Å². The number of fused-ring (bicyclic) bond motifs is 3. The van der Waals surface area contributed by atoms with E-state index in [1.807, 2.05) is 0 Å². The van der Waals surface area contributed by atoms with Crippen LogP contribution in [0.3, 0.4) is 0 Å². The van der Waals surface area contributed by atoms with Crippen molar-refractivity contribution in [1.82, 2.24) is 9.80 Å². The number of allylic oxidation sites excluding steroid dienone is 1. The number of carbonyl (C=O) groups is 6. The van der Waals surface area contributed by atoms with Gasteiger partial charge in [0.1, 0.15) is 23.6 Å². The highest BCUT2D eigenvalue weighted by Gasteiger charge is 2.63. The van der Waals surface area contributed by atoms with Crippen molar-refractivity contribution >= 4 is 46.8 Å². The summed E-state index contributed by atoms with van der Waals surface area (Å²) in [6.07, 6.45) is 3.32. The van der Waals surface area contributed by atoms with Gasteiger partial charge >= 0.3 is 12.1 Å². The highest BCUT2D eigenvalue weighted by Crippen LogP contribution is 2.54. The maximum atomic E-state index is 14.4. The third-order valence-corrected chi connectivity index (χ3v) is 11.1. The molecule has 0 bridgehead atoms. The Morgan fingerprint density at radius 1 is 1.00 bits per heavy atom. The molecule has 4 aliphatic rings. The van der Waals surface area contributed by atoms with Crippen LogP contribution in [0.5, 0.6) is 5.75 Å². The third-order valence-electron chi connectivity index (χ3n) is 11.1. The van der Waals surface area contributed by atoms with Gasteiger partial charge in [-0.05, 0) is 78.1 Å². The van der Waals surface area contributed by atoms with Crippen molar-refractivity contribution in [3.05, 3.63) is 39.9 Å². The maximum absolute atomic E-state index is 14.4. The van der Waals surface area contributed by atoms with E-state index in [4.69, 9.17) is 15.2 Å². The molecule has 0 heterocycles. The highest BCUT2D eigenvalue weighted by atomic mass is 16.7. The Balaban J connectivity index is 1.44. The molecule has 55 heavy (non-hydrogen) atoms. The van der Waals surface area contributed by atoms with E-state index >= 15 is 0 Å².